The monoisotopic (exact) mass is 642 g/mol. The third-order valence-corrected chi connectivity index (χ3v) is 4.44. The molecule has 0 N–H and O–H groups in total. The number of halogens is 10. The number of rotatable bonds is 12. The molecule has 3 nitrogen and oxygen atoms in total. The maximum absolute atomic E-state index is 14.5. The van der Waals surface area contributed by atoms with E-state index in [2.05, 4.69) is 14.2 Å². The van der Waals surface area contributed by atoms with Gasteiger partial charge in [0.15, 0.2) is 12.2 Å². The Bertz CT molecular complexity index is 819. The molecule has 2 rings (SSSR count). The molecule has 2 unspecified atom stereocenters. The fourth-order valence-corrected chi connectivity index (χ4v) is 2.82. The maximum Gasteiger partial charge on any atom is 0.391 e. The second-order valence-corrected chi connectivity index (χ2v) is 7.43. The van der Waals surface area contributed by atoms with Crippen LogP contribution in [0.2, 0.25) is 0 Å². The Morgan fingerprint density at radius 3 is 1.11 bits per heavy atom. The molecule has 200 valence electrons. The number of hydrogen-bond donors (Lipinski definition) is 0. The van der Waals surface area contributed by atoms with Crippen LogP contribution in [0.15, 0.2) is 60.7 Å². The minimum atomic E-state index is -5.34. The van der Waals surface area contributed by atoms with Gasteiger partial charge in [-0.3, -0.25) is 4.74 Å². The first-order valence-electron chi connectivity index (χ1n) is 9.98. The standard InChI is InChI=1S/C22H20F10O3.Sn/c23-19(24,25)11-17(33-13-15-7-3-1-4-8-15)21(29,30)35-22(31,32)18(12-20(26,27)28)34-14-16-9-5-2-6-10-16;/h1-10,17-18H,11-14H2;. The molecule has 2 aromatic carbocycles. The third-order valence-electron chi connectivity index (χ3n) is 4.44. The van der Waals surface area contributed by atoms with E-state index in [1.165, 1.54) is 60.7 Å². The second-order valence-electron chi connectivity index (χ2n) is 7.43. The zero-order valence-electron chi connectivity index (χ0n) is 18.3. The summed E-state index contributed by atoms with van der Waals surface area (Å²) in [6.07, 6.45) is -32.6. The summed E-state index contributed by atoms with van der Waals surface area (Å²) in [4.78, 5) is 0. The first-order chi connectivity index (χ1) is 16.1. The van der Waals surface area contributed by atoms with Crippen LogP contribution in [-0.4, -0.2) is 60.7 Å². The Hall–Kier alpha value is -1.58. The summed E-state index contributed by atoms with van der Waals surface area (Å²) in [5.74, 6) is 0. The normalized spacial score (nSPS) is 14.7. The predicted octanol–water partition coefficient (Wildman–Crippen LogP) is 6.88. The summed E-state index contributed by atoms with van der Waals surface area (Å²) in [6, 6.07) is 14.0. The average Bonchev–Trinajstić information content (AvgIpc) is 2.73. The molecule has 0 aliphatic rings. The average molecular weight is 641 g/mol. The second kappa shape index (κ2) is 13.3. The maximum atomic E-state index is 14.5. The molecule has 2 atom stereocenters. The summed E-state index contributed by atoms with van der Waals surface area (Å²) in [5, 5.41) is 0. The van der Waals surface area contributed by atoms with Gasteiger partial charge in [-0.15, -0.1) is 0 Å². The molecule has 14 heteroatoms. The van der Waals surface area contributed by atoms with Gasteiger partial charge >= 0.3 is 24.6 Å². The quantitative estimate of drug-likeness (QED) is 0.187. The molecule has 2 aromatic rings. The van der Waals surface area contributed by atoms with Crippen molar-refractivity contribution in [3.63, 3.8) is 0 Å². The van der Waals surface area contributed by atoms with Crippen LogP contribution < -0.4 is 0 Å². The molecule has 0 bridgehead atoms. The molecule has 0 heterocycles. The first-order valence-corrected chi connectivity index (χ1v) is 9.98. The Kier molecular flexibility index (Phi) is 12.0. The van der Waals surface area contributed by atoms with E-state index < -0.39 is 62.8 Å². The summed E-state index contributed by atoms with van der Waals surface area (Å²) in [7, 11) is 0. The van der Waals surface area contributed by atoms with E-state index >= 15 is 0 Å². The molecule has 0 aliphatic heterocycles. The summed E-state index contributed by atoms with van der Waals surface area (Å²) in [5.41, 5.74) is 0.284. The van der Waals surface area contributed by atoms with E-state index in [1.54, 1.807) is 0 Å². The molecule has 0 aromatic heterocycles. The van der Waals surface area contributed by atoms with Crippen molar-refractivity contribution in [2.24, 2.45) is 0 Å². The minimum Gasteiger partial charge on any atom is -0.364 e. The molecule has 0 amide bonds. The van der Waals surface area contributed by atoms with Gasteiger partial charge in [-0.25, -0.2) is 0 Å². The van der Waals surface area contributed by atoms with Gasteiger partial charge in [-0.05, 0) is 11.1 Å². The Morgan fingerprint density at radius 1 is 0.528 bits per heavy atom. The Morgan fingerprint density at radius 2 is 0.833 bits per heavy atom. The van der Waals surface area contributed by atoms with Crippen molar-refractivity contribution in [1.82, 2.24) is 0 Å². The minimum absolute atomic E-state index is 0. The molecular formula is C22H20F10O3Sn. The number of ether oxygens (including phenoxy) is 3. The van der Waals surface area contributed by atoms with Crippen molar-refractivity contribution < 1.29 is 58.1 Å². The van der Waals surface area contributed by atoms with Gasteiger partial charge in [0.25, 0.3) is 0 Å². The smallest absolute Gasteiger partial charge is 0.364 e. The van der Waals surface area contributed by atoms with Gasteiger partial charge in [-0.1, -0.05) is 60.7 Å². The van der Waals surface area contributed by atoms with Crippen molar-refractivity contribution in [2.75, 3.05) is 0 Å². The fourth-order valence-electron chi connectivity index (χ4n) is 2.82. The summed E-state index contributed by atoms with van der Waals surface area (Å²) < 4.78 is 148. The van der Waals surface area contributed by atoms with Crippen LogP contribution >= 0.6 is 0 Å². The van der Waals surface area contributed by atoms with Gasteiger partial charge in [0.05, 0.1) is 26.1 Å². The molecule has 36 heavy (non-hydrogen) atoms. The van der Waals surface area contributed by atoms with Crippen molar-refractivity contribution in [2.45, 2.75) is 62.8 Å². The molecule has 0 fully saturated rings. The number of alkyl halides is 10. The van der Waals surface area contributed by atoms with Crippen molar-refractivity contribution in [1.29, 1.82) is 0 Å². The number of benzene rings is 2. The first kappa shape index (κ1) is 32.4. The molecule has 0 aliphatic carbocycles. The van der Waals surface area contributed by atoms with E-state index in [9.17, 15) is 43.9 Å². The van der Waals surface area contributed by atoms with E-state index in [1.807, 2.05) is 0 Å². The van der Waals surface area contributed by atoms with Crippen LogP contribution in [0.4, 0.5) is 43.9 Å². The Balaban J connectivity index is 0.00000648. The van der Waals surface area contributed by atoms with Crippen LogP contribution in [0, 0.1) is 0 Å². The topological polar surface area (TPSA) is 27.7 Å². The SMILES string of the molecule is FC(F)(F)CC(OCc1ccccc1)C(F)(F)OC(F)(F)C(CC(F)(F)F)OCc1ccccc1.[Sn]. The van der Waals surface area contributed by atoms with E-state index in [0.717, 1.165) is 0 Å². The fraction of sp³-hybridized carbons (Fsp3) is 0.455. The zero-order chi connectivity index (χ0) is 26.3. The van der Waals surface area contributed by atoms with Gasteiger partial charge in [0, 0.05) is 23.9 Å². The van der Waals surface area contributed by atoms with Crippen LogP contribution in [0.5, 0.6) is 0 Å². The molecule has 0 spiro atoms. The van der Waals surface area contributed by atoms with Gasteiger partial charge in [0.2, 0.25) is 0 Å². The van der Waals surface area contributed by atoms with E-state index in [-0.39, 0.29) is 35.0 Å². The molecule has 0 saturated heterocycles. The van der Waals surface area contributed by atoms with E-state index in [0.29, 0.717) is 0 Å². The van der Waals surface area contributed by atoms with Crippen molar-refractivity contribution >= 4 is 23.9 Å². The van der Waals surface area contributed by atoms with Gasteiger partial charge < -0.3 is 9.47 Å². The number of hydrogen-bond acceptors (Lipinski definition) is 3. The van der Waals surface area contributed by atoms with Crippen LogP contribution in [0.25, 0.3) is 0 Å². The van der Waals surface area contributed by atoms with Gasteiger partial charge in [-0.2, -0.15) is 43.9 Å². The zero-order valence-corrected chi connectivity index (χ0v) is 21.1. The summed E-state index contributed by atoms with van der Waals surface area (Å²) >= 11 is 0. The van der Waals surface area contributed by atoms with Crippen LogP contribution in [0.3, 0.4) is 0 Å². The van der Waals surface area contributed by atoms with E-state index in [4.69, 9.17) is 0 Å². The Labute approximate surface area is 216 Å². The largest absolute Gasteiger partial charge is 0.391 e. The summed E-state index contributed by atoms with van der Waals surface area (Å²) in [6.45, 7) is -1.66. The van der Waals surface area contributed by atoms with Crippen LogP contribution in [-0.2, 0) is 27.4 Å². The molecular weight excluding hydrogens is 621 g/mol. The third kappa shape index (κ3) is 11.6. The predicted molar refractivity (Wildman–Crippen MR) is 108 cm³/mol. The molecule has 4 radical (unpaired) electrons. The van der Waals surface area contributed by atoms with Crippen molar-refractivity contribution in [3.8, 4) is 0 Å². The van der Waals surface area contributed by atoms with Crippen LogP contribution in [0.1, 0.15) is 24.0 Å². The van der Waals surface area contributed by atoms with Crippen molar-refractivity contribution in [3.05, 3.63) is 71.8 Å². The van der Waals surface area contributed by atoms with Gasteiger partial charge in [0.1, 0.15) is 0 Å². The molecule has 0 saturated carbocycles.